The number of aromatic hydroxyl groups is 1. The van der Waals surface area contributed by atoms with E-state index in [1.807, 2.05) is 6.92 Å². The van der Waals surface area contributed by atoms with Crippen molar-refractivity contribution in [1.29, 1.82) is 0 Å². The van der Waals surface area contributed by atoms with Gasteiger partial charge in [-0.05, 0) is 37.5 Å². The summed E-state index contributed by atoms with van der Waals surface area (Å²) in [7, 11) is 0. The van der Waals surface area contributed by atoms with E-state index in [0.717, 1.165) is 0 Å². The quantitative estimate of drug-likeness (QED) is 0.896. The number of phenols is 1. The molecule has 1 fully saturated rings. The van der Waals surface area contributed by atoms with Gasteiger partial charge in [-0.1, -0.05) is 24.9 Å². The number of phenolic OH excluding ortho intramolecular Hbond substituents is 1. The smallest absolute Gasteiger partial charge is 0.329 e. The fourth-order valence-corrected chi connectivity index (χ4v) is 3.17. The summed E-state index contributed by atoms with van der Waals surface area (Å²) >= 11 is 5.76. The molecule has 1 saturated heterocycles. The summed E-state index contributed by atoms with van der Waals surface area (Å²) in [6.45, 7) is 2.28. The Morgan fingerprint density at radius 3 is 2.71 bits per heavy atom. The molecular formula is C15H18ClNO4. The standard InChI is InChI=1S/C15H18ClNO4/c1-2-6-15(14(20)21)7-3-8-17(15)13(19)11-5-4-10(16)9-12(11)18/h4-5,9,18H,2-3,6-8H2,1H3,(H,20,21). The Morgan fingerprint density at radius 2 is 2.14 bits per heavy atom. The van der Waals surface area contributed by atoms with E-state index in [-0.39, 0.29) is 11.3 Å². The van der Waals surface area contributed by atoms with E-state index in [2.05, 4.69) is 0 Å². The van der Waals surface area contributed by atoms with Crippen molar-refractivity contribution in [3.8, 4) is 5.75 Å². The van der Waals surface area contributed by atoms with Gasteiger partial charge in [0.15, 0.2) is 0 Å². The van der Waals surface area contributed by atoms with Crippen molar-refractivity contribution in [2.75, 3.05) is 6.54 Å². The zero-order valence-corrected chi connectivity index (χ0v) is 12.6. The van der Waals surface area contributed by atoms with Gasteiger partial charge in [0.1, 0.15) is 11.3 Å². The first kappa shape index (κ1) is 15.6. The van der Waals surface area contributed by atoms with Crippen LogP contribution >= 0.6 is 11.6 Å². The molecule has 6 heteroatoms. The van der Waals surface area contributed by atoms with Gasteiger partial charge in [0.05, 0.1) is 5.56 Å². The lowest BCUT2D eigenvalue weighted by Gasteiger charge is -2.34. The second-order valence-electron chi connectivity index (χ2n) is 5.31. The SMILES string of the molecule is CCCC1(C(=O)O)CCCN1C(=O)c1ccc(Cl)cc1O. The van der Waals surface area contributed by atoms with E-state index in [4.69, 9.17) is 11.6 Å². The van der Waals surface area contributed by atoms with Gasteiger partial charge in [0.25, 0.3) is 5.91 Å². The highest BCUT2D eigenvalue weighted by atomic mass is 35.5. The molecule has 2 rings (SSSR count). The van der Waals surface area contributed by atoms with Gasteiger partial charge < -0.3 is 15.1 Å². The monoisotopic (exact) mass is 311 g/mol. The molecule has 1 aromatic rings. The highest BCUT2D eigenvalue weighted by Gasteiger charge is 2.49. The molecule has 0 spiro atoms. The third-order valence-electron chi connectivity index (χ3n) is 3.99. The fourth-order valence-electron chi connectivity index (χ4n) is 3.01. The molecule has 1 aliphatic rings. The molecule has 1 unspecified atom stereocenters. The van der Waals surface area contributed by atoms with Crippen LogP contribution < -0.4 is 0 Å². The Bertz CT molecular complexity index is 575. The van der Waals surface area contributed by atoms with Gasteiger partial charge in [0.2, 0.25) is 0 Å². The highest BCUT2D eigenvalue weighted by molar-refractivity contribution is 6.30. The lowest BCUT2D eigenvalue weighted by Crippen LogP contribution is -2.53. The van der Waals surface area contributed by atoms with Crippen LogP contribution in [0, 0.1) is 0 Å². The van der Waals surface area contributed by atoms with Crippen molar-refractivity contribution in [1.82, 2.24) is 4.90 Å². The molecular weight excluding hydrogens is 294 g/mol. The summed E-state index contributed by atoms with van der Waals surface area (Å²) < 4.78 is 0. The molecule has 0 bridgehead atoms. The van der Waals surface area contributed by atoms with E-state index in [0.29, 0.717) is 37.3 Å². The van der Waals surface area contributed by atoms with Crippen LogP contribution in [0.15, 0.2) is 18.2 Å². The predicted octanol–water partition coefficient (Wildman–Crippen LogP) is 2.91. The van der Waals surface area contributed by atoms with Crippen LogP contribution in [-0.2, 0) is 4.79 Å². The van der Waals surface area contributed by atoms with Crippen molar-refractivity contribution >= 4 is 23.5 Å². The Morgan fingerprint density at radius 1 is 1.43 bits per heavy atom. The number of hydrogen-bond acceptors (Lipinski definition) is 3. The third-order valence-corrected chi connectivity index (χ3v) is 4.22. The molecule has 0 aromatic heterocycles. The Hall–Kier alpha value is -1.75. The number of benzene rings is 1. The number of rotatable bonds is 4. The maximum Gasteiger partial charge on any atom is 0.329 e. The zero-order chi connectivity index (χ0) is 15.6. The van der Waals surface area contributed by atoms with Crippen LogP contribution in [0.3, 0.4) is 0 Å². The van der Waals surface area contributed by atoms with E-state index in [1.54, 1.807) is 0 Å². The minimum absolute atomic E-state index is 0.0861. The maximum atomic E-state index is 12.6. The van der Waals surface area contributed by atoms with Crippen molar-refractivity contribution in [2.45, 2.75) is 38.1 Å². The number of likely N-dealkylation sites (tertiary alicyclic amines) is 1. The zero-order valence-electron chi connectivity index (χ0n) is 11.8. The van der Waals surface area contributed by atoms with Crippen molar-refractivity contribution < 1.29 is 19.8 Å². The number of halogens is 1. The maximum absolute atomic E-state index is 12.6. The number of amides is 1. The number of carboxylic acids is 1. The van der Waals surface area contributed by atoms with Crippen molar-refractivity contribution in [3.63, 3.8) is 0 Å². The van der Waals surface area contributed by atoms with Crippen LogP contribution in [0.2, 0.25) is 5.02 Å². The Balaban J connectivity index is 2.39. The van der Waals surface area contributed by atoms with Gasteiger partial charge in [0, 0.05) is 11.6 Å². The molecule has 0 saturated carbocycles. The first-order valence-corrected chi connectivity index (χ1v) is 7.34. The first-order chi connectivity index (χ1) is 9.92. The van der Waals surface area contributed by atoms with Gasteiger partial charge in [-0.25, -0.2) is 4.79 Å². The predicted molar refractivity (Wildman–Crippen MR) is 78.7 cm³/mol. The minimum Gasteiger partial charge on any atom is -0.507 e. The van der Waals surface area contributed by atoms with Gasteiger partial charge in [-0.3, -0.25) is 4.79 Å². The molecule has 21 heavy (non-hydrogen) atoms. The summed E-state index contributed by atoms with van der Waals surface area (Å²) in [5.41, 5.74) is -1.08. The molecule has 114 valence electrons. The van der Waals surface area contributed by atoms with E-state index < -0.39 is 17.4 Å². The Kier molecular flexibility index (Phi) is 4.42. The molecule has 1 heterocycles. The molecule has 1 aliphatic heterocycles. The van der Waals surface area contributed by atoms with E-state index >= 15 is 0 Å². The van der Waals surface area contributed by atoms with Gasteiger partial charge >= 0.3 is 5.97 Å². The summed E-state index contributed by atoms with van der Waals surface area (Å²) in [6, 6.07) is 4.22. The minimum atomic E-state index is -1.17. The molecule has 5 nitrogen and oxygen atoms in total. The number of nitrogens with zero attached hydrogens (tertiary/aromatic N) is 1. The van der Waals surface area contributed by atoms with Crippen molar-refractivity contribution in [3.05, 3.63) is 28.8 Å². The summed E-state index contributed by atoms with van der Waals surface area (Å²) in [6.07, 6.45) is 2.16. The Labute approximate surface area is 128 Å². The van der Waals surface area contributed by atoms with E-state index in [1.165, 1.54) is 23.1 Å². The fraction of sp³-hybridized carbons (Fsp3) is 0.467. The number of carbonyl (C=O) groups is 2. The highest BCUT2D eigenvalue weighted by Crippen LogP contribution is 2.36. The van der Waals surface area contributed by atoms with Crippen LogP contribution in [-0.4, -0.2) is 39.1 Å². The molecule has 0 radical (unpaired) electrons. The molecule has 1 amide bonds. The topological polar surface area (TPSA) is 77.8 Å². The summed E-state index contributed by atoms with van der Waals surface area (Å²) in [5, 5.41) is 19.8. The summed E-state index contributed by atoms with van der Waals surface area (Å²) in [5.74, 6) is -1.67. The number of carbonyl (C=O) groups excluding carboxylic acids is 1. The average molecular weight is 312 g/mol. The lowest BCUT2D eigenvalue weighted by molar-refractivity contribution is -0.148. The summed E-state index contributed by atoms with van der Waals surface area (Å²) in [4.78, 5) is 25.7. The average Bonchev–Trinajstić information content (AvgIpc) is 2.83. The molecule has 0 aliphatic carbocycles. The second-order valence-corrected chi connectivity index (χ2v) is 5.74. The molecule has 2 N–H and O–H groups in total. The van der Waals surface area contributed by atoms with Crippen LogP contribution in [0.5, 0.6) is 5.75 Å². The van der Waals surface area contributed by atoms with Crippen LogP contribution in [0.1, 0.15) is 43.0 Å². The number of carboxylic acid groups (broad SMARTS) is 1. The second kappa shape index (κ2) is 5.93. The molecule has 1 aromatic carbocycles. The van der Waals surface area contributed by atoms with Gasteiger partial charge in [-0.2, -0.15) is 0 Å². The normalized spacial score (nSPS) is 21.5. The lowest BCUT2D eigenvalue weighted by atomic mass is 9.90. The largest absolute Gasteiger partial charge is 0.507 e. The van der Waals surface area contributed by atoms with E-state index in [9.17, 15) is 19.8 Å². The number of aliphatic carboxylic acids is 1. The first-order valence-electron chi connectivity index (χ1n) is 6.96. The molecule has 1 atom stereocenters. The van der Waals surface area contributed by atoms with Gasteiger partial charge in [-0.15, -0.1) is 0 Å². The van der Waals surface area contributed by atoms with Crippen LogP contribution in [0.25, 0.3) is 0 Å². The number of hydrogen-bond donors (Lipinski definition) is 2. The van der Waals surface area contributed by atoms with Crippen LogP contribution in [0.4, 0.5) is 0 Å². The third kappa shape index (κ3) is 2.70. The van der Waals surface area contributed by atoms with Crippen molar-refractivity contribution in [2.24, 2.45) is 0 Å².